The van der Waals surface area contributed by atoms with E-state index < -0.39 is 11.9 Å². The molecule has 6 heteroatoms. The Hall–Kier alpha value is -2.96. The first-order valence-electron chi connectivity index (χ1n) is 8.80. The Labute approximate surface area is 166 Å². The smallest absolute Gasteiger partial charge is 0.310 e. The van der Waals surface area contributed by atoms with Gasteiger partial charge in [0, 0.05) is 11.3 Å². The summed E-state index contributed by atoms with van der Waals surface area (Å²) in [6.45, 7) is 11.0. The number of carbonyl (C=O) groups excluding carboxylic acids is 1. The molecule has 1 atom stereocenters. The lowest BCUT2D eigenvalue weighted by Crippen LogP contribution is -2.11. The van der Waals surface area contributed by atoms with Crippen LogP contribution >= 0.6 is 0 Å². The van der Waals surface area contributed by atoms with Crippen molar-refractivity contribution < 1.29 is 24.8 Å². The highest BCUT2D eigenvalue weighted by Gasteiger charge is 2.11. The fraction of sp³-hybridized carbons (Fsp3) is 0.273. The zero-order valence-electron chi connectivity index (χ0n) is 16.8. The number of hydrogen-bond acceptors (Lipinski definition) is 4. The third-order valence-electron chi connectivity index (χ3n) is 3.50. The Kier molecular flexibility index (Phi) is 12.6. The van der Waals surface area contributed by atoms with Crippen molar-refractivity contribution >= 4 is 17.6 Å². The van der Waals surface area contributed by atoms with Crippen LogP contribution < -0.4 is 5.32 Å². The van der Waals surface area contributed by atoms with Gasteiger partial charge in [-0.2, -0.15) is 0 Å². The predicted octanol–water partition coefficient (Wildman–Crippen LogP) is 4.88. The molecular formula is C22H29NO5. The number of benzene rings is 2. The normalized spacial score (nSPS) is 10.3. The molecule has 0 saturated carbocycles. The zero-order chi connectivity index (χ0) is 21.5. The van der Waals surface area contributed by atoms with Gasteiger partial charge in [-0.05, 0) is 45.4 Å². The maximum Gasteiger partial charge on any atom is 0.310 e. The Morgan fingerprint density at radius 1 is 1.11 bits per heavy atom. The standard InChI is InChI=1S/C11H13NO.C9H10O2.C2H6O2/c1-8(2)11(13)12-10-6-4-9(3)5-7-10;1-7(9(10)11)8-5-3-2-4-6-8;1-2-4-3/h4-7H,1H2,2-3H3,(H,12,13);2-7H,1H3,(H,10,11);3H,2H2,1H3. The molecule has 0 aromatic heterocycles. The van der Waals surface area contributed by atoms with Crippen LogP contribution in [0.5, 0.6) is 0 Å². The Morgan fingerprint density at radius 2 is 1.61 bits per heavy atom. The van der Waals surface area contributed by atoms with Gasteiger partial charge in [-0.15, -0.1) is 0 Å². The molecule has 28 heavy (non-hydrogen) atoms. The predicted molar refractivity (Wildman–Crippen MR) is 111 cm³/mol. The van der Waals surface area contributed by atoms with Crippen molar-refractivity contribution in [1.82, 2.24) is 0 Å². The van der Waals surface area contributed by atoms with Crippen LogP contribution in [0.15, 0.2) is 66.7 Å². The minimum absolute atomic E-state index is 0.135. The first-order valence-corrected chi connectivity index (χ1v) is 8.80. The number of nitrogens with one attached hydrogen (secondary N) is 1. The Balaban J connectivity index is 0.000000442. The quantitative estimate of drug-likeness (QED) is 0.386. The van der Waals surface area contributed by atoms with Crippen LogP contribution in [-0.2, 0) is 14.5 Å². The summed E-state index contributed by atoms with van der Waals surface area (Å²) >= 11 is 0. The molecule has 1 amide bonds. The molecule has 0 saturated heterocycles. The second kappa shape index (κ2) is 14.1. The molecule has 2 aromatic rings. The fourth-order valence-electron chi connectivity index (χ4n) is 1.76. The first-order chi connectivity index (χ1) is 13.2. The van der Waals surface area contributed by atoms with E-state index in [1.54, 1.807) is 20.8 Å². The summed E-state index contributed by atoms with van der Waals surface area (Å²) in [6.07, 6.45) is 0. The van der Waals surface area contributed by atoms with Crippen molar-refractivity contribution in [2.45, 2.75) is 33.6 Å². The third kappa shape index (κ3) is 10.9. The van der Waals surface area contributed by atoms with E-state index in [0.717, 1.165) is 11.3 Å². The van der Waals surface area contributed by atoms with Gasteiger partial charge in [-0.3, -0.25) is 14.8 Å². The summed E-state index contributed by atoms with van der Waals surface area (Å²) in [7, 11) is 0. The number of aliphatic carboxylic acids is 1. The van der Waals surface area contributed by atoms with E-state index in [1.807, 2.05) is 61.5 Å². The molecule has 1 unspecified atom stereocenters. The number of aryl methyl sites for hydroxylation is 1. The van der Waals surface area contributed by atoms with Crippen molar-refractivity contribution in [3.63, 3.8) is 0 Å². The minimum Gasteiger partial charge on any atom is -0.481 e. The number of amides is 1. The molecule has 0 heterocycles. The van der Waals surface area contributed by atoms with E-state index in [9.17, 15) is 9.59 Å². The van der Waals surface area contributed by atoms with Crippen LogP contribution in [0.1, 0.15) is 37.8 Å². The van der Waals surface area contributed by atoms with Gasteiger partial charge < -0.3 is 10.4 Å². The van der Waals surface area contributed by atoms with Gasteiger partial charge in [0.1, 0.15) is 0 Å². The van der Waals surface area contributed by atoms with Crippen molar-refractivity contribution in [2.24, 2.45) is 0 Å². The molecule has 3 N–H and O–H groups in total. The number of carboxylic acid groups (broad SMARTS) is 1. The molecule has 2 aromatic carbocycles. The average Bonchev–Trinajstić information content (AvgIpc) is 2.70. The highest BCUT2D eigenvalue weighted by atomic mass is 17.1. The zero-order valence-corrected chi connectivity index (χ0v) is 16.8. The Morgan fingerprint density at radius 3 is 2.00 bits per heavy atom. The number of hydrogen-bond donors (Lipinski definition) is 3. The van der Waals surface area contributed by atoms with E-state index in [4.69, 9.17) is 10.4 Å². The first kappa shape index (κ1) is 25.0. The second-order valence-electron chi connectivity index (χ2n) is 5.99. The number of rotatable bonds is 5. The number of anilines is 1. The van der Waals surface area contributed by atoms with E-state index in [1.165, 1.54) is 5.56 Å². The fourth-order valence-corrected chi connectivity index (χ4v) is 1.76. The highest BCUT2D eigenvalue weighted by molar-refractivity contribution is 6.02. The molecule has 0 aliphatic heterocycles. The van der Waals surface area contributed by atoms with E-state index >= 15 is 0 Å². The lowest BCUT2D eigenvalue weighted by molar-refractivity contribution is -0.237. The van der Waals surface area contributed by atoms with E-state index in [2.05, 4.69) is 16.8 Å². The van der Waals surface area contributed by atoms with Gasteiger partial charge in [-0.1, -0.05) is 54.6 Å². The van der Waals surface area contributed by atoms with Crippen LogP contribution in [0.3, 0.4) is 0 Å². The lowest BCUT2D eigenvalue weighted by atomic mass is 10.0. The van der Waals surface area contributed by atoms with Crippen LogP contribution in [0.25, 0.3) is 0 Å². The summed E-state index contributed by atoms with van der Waals surface area (Å²) < 4.78 is 0. The summed E-state index contributed by atoms with van der Waals surface area (Å²) in [5, 5.41) is 18.7. The average molecular weight is 387 g/mol. The third-order valence-corrected chi connectivity index (χ3v) is 3.50. The summed E-state index contributed by atoms with van der Waals surface area (Å²) in [6, 6.07) is 16.8. The molecule has 0 bridgehead atoms. The monoisotopic (exact) mass is 387 g/mol. The summed E-state index contributed by atoms with van der Waals surface area (Å²) in [5.74, 6) is -1.32. The van der Waals surface area contributed by atoms with Crippen LogP contribution in [0.2, 0.25) is 0 Å². The second-order valence-corrected chi connectivity index (χ2v) is 5.99. The van der Waals surface area contributed by atoms with E-state index in [0.29, 0.717) is 12.2 Å². The van der Waals surface area contributed by atoms with Crippen molar-refractivity contribution in [2.75, 3.05) is 11.9 Å². The molecule has 2 rings (SSSR count). The summed E-state index contributed by atoms with van der Waals surface area (Å²) in [4.78, 5) is 25.2. The molecule has 0 radical (unpaired) electrons. The maximum absolute atomic E-state index is 11.2. The SMILES string of the molecule is C=C(C)C(=O)Nc1ccc(C)cc1.CC(C(=O)O)c1ccccc1.CCOO. The van der Waals surface area contributed by atoms with Crippen molar-refractivity contribution in [3.05, 3.63) is 77.9 Å². The highest BCUT2D eigenvalue weighted by Crippen LogP contribution is 2.13. The largest absolute Gasteiger partial charge is 0.481 e. The molecular weight excluding hydrogens is 358 g/mol. The van der Waals surface area contributed by atoms with E-state index in [-0.39, 0.29) is 5.91 Å². The van der Waals surface area contributed by atoms with Gasteiger partial charge in [-0.25, -0.2) is 4.89 Å². The summed E-state index contributed by atoms with van der Waals surface area (Å²) in [5.41, 5.74) is 3.34. The van der Waals surface area contributed by atoms with Gasteiger partial charge >= 0.3 is 5.97 Å². The molecule has 0 fully saturated rings. The van der Waals surface area contributed by atoms with Crippen molar-refractivity contribution in [1.29, 1.82) is 0 Å². The van der Waals surface area contributed by atoms with Gasteiger partial charge in [0.25, 0.3) is 5.91 Å². The lowest BCUT2D eigenvalue weighted by Gasteiger charge is -2.04. The van der Waals surface area contributed by atoms with Gasteiger partial charge in [0.05, 0.1) is 12.5 Å². The molecule has 0 aliphatic carbocycles. The van der Waals surface area contributed by atoms with Gasteiger partial charge in [0.2, 0.25) is 0 Å². The van der Waals surface area contributed by atoms with Crippen LogP contribution in [0.4, 0.5) is 5.69 Å². The van der Waals surface area contributed by atoms with Crippen LogP contribution in [-0.4, -0.2) is 28.8 Å². The van der Waals surface area contributed by atoms with Crippen molar-refractivity contribution in [3.8, 4) is 0 Å². The minimum atomic E-state index is -0.781. The molecule has 0 spiro atoms. The molecule has 0 aliphatic rings. The van der Waals surface area contributed by atoms with Gasteiger partial charge in [0.15, 0.2) is 0 Å². The maximum atomic E-state index is 11.2. The Bertz CT molecular complexity index is 724. The number of carbonyl (C=O) groups is 2. The molecule has 6 nitrogen and oxygen atoms in total. The molecule has 152 valence electrons. The van der Waals surface area contributed by atoms with Crippen LogP contribution in [0, 0.1) is 6.92 Å². The topological polar surface area (TPSA) is 95.9 Å². The number of carboxylic acids is 1.